The number of hydrogen-bond donors (Lipinski definition) is 2. The Hall–Kier alpha value is -1.76. The summed E-state index contributed by atoms with van der Waals surface area (Å²) < 4.78 is 41.3. The van der Waals surface area contributed by atoms with Gasteiger partial charge in [0.2, 0.25) is 0 Å². The molecular formula is C11H10F3N3S. The zero-order valence-electron chi connectivity index (χ0n) is 9.16. The smallest absolute Gasteiger partial charge is 0.383 e. The topological polar surface area (TPSA) is 50.9 Å². The van der Waals surface area contributed by atoms with Gasteiger partial charge in [0.05, 0.1) is 5.56 Å². The number of nitrogens with one attached hydrogen (secondary N) is 1. The van der Waals surface area contributed by atoms with Crippen molar-refractivity contribution in [2.75, 3.05) is 11.1 Å². The van der Waals surface area contributed by atoms with Crippen LogP contribution in [0.1, 0.15) is 11.1 Å². The highest BCUT2D eigenvalue weighted by Crippen LogP contribution is 2.29. The molecule has 3 N–H and O–H groups in total. The van der Waals surface area contributed by atoms with Gasteiger partial charge < -0.3 is 11.1 Å². The SMILES string of the molecule is Nc1cc(NCc2cccc(C(F)(F)F)c2)sn1. The molecule has 0 saturated heterocycles. The summed E-state index contributed by atoms with van der Waals surface area (Å²) in [5.41, 5.74) is 5.34. The summed E-state index contributed by atoms with van der Waals surface area (Å²) in [5, 5.41) is 3.70. The minimum Gasteiger partial charge on any atom is -0.383 e. The minimum atomic E-state index is -4.31. The fourth-order valence-corrected chi connectivity index (χ4v) is 1.99. The highest BCUT2D eigenvalue weighted by atomic mass is 32.1. The van der Waals surface area contributed by atoms with Gasteiger partial charge in [-0.05, 0) is 29.2 Å². The van der Waals surface area contributed by atoms with E-state index in [0.29, 0.717) is 17.9 Å². The lowest BCUT2D eigenvalue weighted by atomic mass is 10.1. The quantitative estimate of drug-likeness (QED) is 0.901. The van der Waals surface area contributed by atoms with E-state index in [0.717, 1.165) is 17.1 Å². The van der Waals surface area contributed by atoms with E-state index in [2.05, 4.69) is 9.69 Å². The van der Waals surface area contributed by atoms with Crippen LogP contribution in [-0.2, 0) is 12.7 Å². The zero-order valence-corrected chi connectivity index (χ0v) is 9.98. The number of anilines is 2. The van der Waals surface area contributed by atoms with Crippen LogP contribution in [0.4, 0.5) is 24.0 Å². The molecule has 1 heterocycles. The van der Waals surface area contributed by atoms with Gasteiger partial charge in [-0.2, -0.15) is 17.5 Å². The molecule has 1 aromatic carbocycles. The Balaban J connectivity index is 2.06. The molecule has 2 rings (SSSR count). The molecule has 0 aliphatic heterocycles. The van der Waals surface area contributed by atoms with Crippen LogP contribution in [-0.4, -0.2) is 4.37 Å². The van der Waals surface area contributed by atoms with E-state index < -0.39 is 11.7 Å². The van der Waals surface area contributed by atoms with Crippen molar-refractivity contribution in [3.63, 3.8) is 0 Å². The molecule has 0 bridgehead atoms. The molecule has 3 nitrogen and oxygen atoms in total. The molecule has 0 amide bonds. The molecule has 0 fully saturated rings. The first-order chi connectivity index (χ1) is 8.45. The minimum absolute atomic E-state index is 0.297. The van der Waals surface area contributed by atoms with Crippen LogP contribution in [0, 0.1) is 0 Å². The summed E-state index contributed by atoms with van der Waals surface area (Å²) in [4.78, 5) is 0. The maximum absolute atomic E-state index is 12.5. The summed E-state index contributed by atoms with van der Waals surface area (Å²) in [6.45, 7) is 0.297. The number of hydrogen-bond acceptors (Lipinski definition) is 4. The standard InChI is InChI=1S/C11H10F3N3S/c12-11(13,14)8-3-1-2-7(4-8)6-16-10-5-9(15)17-18-10/h1-5,16H,6H2,(H2,15,17). The van der Waals surface area contributed by atoms with Crippen molar-refractivity contribution in [1.29, 1.82) is 0 Å². The predicted molar refractivity (Wildman–Crippen MR) is 65.3 cm³/mol. The normalized spacial score (nSPS) is 11.5. The Kier molecular flexibility index (Phi) is 3.42. The third-order valence-electron chi connectivity index (χ3n) is 2.25. The number of benzene rings is 1. The lowest BCUT2D eigenvalue weighted by molar-refractivity contribution is -0.137. The van der Waals surface area contributed by atoms with Crippen LogP contribution in [0.2, 0.25) is 0 Å². The number of rotatable bonds is 3. The number of nitrogens with two attached hydrogens (primary N) is 1. The average Bonchev–Trinajstić information content (AvgIpc) is 2.72. The van der Waals surface area contributed by atoms with E-state index in [9.17, 15) is 13.2 Å². The maximum Gasteiger partial charge on any atom is 0.416 e. The Labute approximate surface area is 106 Å². The van der Waals surface area contributed by atoms with E-state index in [1.165, 1.54) is 17.6 Å². The first-order valence-electron chi connectivity index (χ1n) is 5.07. The second-order valence-corrected chi connectivity index (χ2v) is 4.47. The van der Waals surface area contributed by atoms with Gasteiger partial charge in [0.15, 0.2) is 0 Å². The molecule has 1 aromatic heterocycles. The molecular weight excluding hydrogens is 263 g/mol. The first-order valence-corrected chi connectivity index (χ1v) is 5.85. The van der Waals surface area contributed by atoms with Crippen LogP contribution in [0.25, 0.3) is 0 Å². The zero-order chi connectivity index (χ0) is 13.2. The van der Waals surface area contributed by atoms with Gasteiger partial charge in [-0.1, -0.05) is 12.1 Å². The Morgan fingerprint density at radius 3 is 2.67 bits per heavy atom. The first kappa shape index (κ1) is 12.7. The molecule has 18 heavy (non-hydrogen) atoms. The highest BCUT2D eigenvalue weighted by molar-refractivity contribution is 7.10. The van der Waals surface area contributed by atoms with E-state index in [-0.39, 0.29) is 0 Å². The average molecular weight is 273 g/mol. The van der Waals surface area contributed by atoms with Crippen molar-refractivity contribution in [2.45, 2.75) is 12.7 Å². The largest absolute Gasteiger partial charge is 0.416 e. The Bertz CT molecular complexity index is 536. The van der Waals surface area contributed by atoms with Gasteiger partial charge in [-0.25, -0.2) is 0 Å². The van der Waals surface area contributed by atoms with Crippen molar-refractivity contribution in [1.82, 2.24) is 4.37 Å². The van der Waals surface area contributed by atoms with Crippen LogP contribution >= 0.6 is 11.5 Å². The van der Waals surface area contributed by atoms with Gasteiger partial charge in [0, 0.05) is 12.6 Å². The monoisotopic (exact) mass is 273 g/mol. The summed E-state index contributed by atoms with van der Waals surface area (Å²) >= 11 is 1.17. The molecule has 2 aromatic rings. The van der Waals surface area contributed by atoms with Crippen molar-refractivity contribution in [3.05, 3.63) is 41.5 Å². The predicted octanol–water partition coefficient (Wildman–Crippen LogP) is 3.36. The van der Waals surface area contributed by atoms with Crippen molar-refractivity contribution < 1.29 is 13.2 Å². The summed E-state index contributed by atoms with van der Waals surface area (Å²) in [6.07, 6.45) is -4.31. The van der Waals surface area contributed by atoms with Crippen LogP contribution in [0.5, 0.6) is 0 Å². The molecule has 0 spiro atoms. The molecule has 0 aliphatic carbocycles. The van der Waals surface area contributed by atoms with Crippen molar-refractivity contribution >= 4 is 22.4 Å². The van der Waals surface area contributed by atoms with E-state index in [1.54, 1.807) is 12.1 Å². The number of halogens is 3. The fraction of sp³-hybridized carbons (Fsp3) is 0.182. The number of nitrogen functional groups attached to an aromatic ring is 1. The van der Waals surface area contributed by atoms with Crippen molar-refractivity contribution in [3.8, 4) is 0 Å². The second kappa shape index (κ2) is 4.85. The van der Waals surface area contributed by atoms with Crippen LogP contribution in [0.15, 0.2) is 30.3 Å². The molecule has 0 radical (unpaired) electrons. The fourth-order valence-electron chi connectivity index (χ4n) is 1.42. The van der Waals surface area contributed by atoms with Gasteiger partial charge in [-0.3, -0.25) is 0 Å². The van der Waals surface area contributed by atoms with Crippen LogP contribution < -0.4 is 11.1 Å². The Morgan fingerprint density at radius 2 is 2.06 bits per heavy atom. The number of nitrogens with zero attached hydrogens (tertiary/aromatic N) is 1. The van der Waals surface area contributed by atoms with Gasteiger partial charge in [0.25, 0.3) is 0 Å². The maximum atomic E-state index is 12.5. The third kappa shape index (κ3) is 3.13. The second-order valence-electron chi connectivity index (χ2n) is 3.67. The van der Waals surface area contributed by atoms with Crippen molar-refractivity contribution in [2.24, 2.45) is 0 Å². The summed E-state index contributed by atoms with van der Waals surface area (Å²) in [7, 11) is 0. The molecule has 0 aliphatic rings. The molecule has 7 heteroatoms. The van der Waals surface area contributed by atoms with Gasteiger partial charge in [-0.15, -0.1) is 0 Å². The van der Waals surface area contributed by atoms with E-state index in [1.807, 2.05) is 0 Å². The summed E-state index contributed by atoms with van der Waals surface area (Å²) in [6, 6.07) is 6.83. The molecule has 96 valence electrons. The molecule has 0 unspecified atom stereocenters. The summed E-state index contributed by atoms with van der Waals surface area (Å²) in [5.74, 6) is 0.395. The van der Waals surface area contributed by atoms with Gasteiger partial charge >= 0.3 is 6.18 Å². The molecule has 0 saturated carbocycles. The van der Waals surface area contributed by atoms with E-state index in [4.69, 9.17) is 5.73 Å². The van der Waals surface area contributed by atoms with Gasteiger partial charge in [0.1, 0.15) is 10.8 Å². The highest BCUT2D eigenvalue weighted by Gasteiger charge is 2.30. The lowest BCUT2D eigenvalue weighted by Gasteiger charge is -2.09. The number of alkyl halides is 3. The molecule has 0 atom stereocenters. The Morgan fingerprint density at radius 1 is 1.28 bits per heavy atom. The lowest BCUT2D eigenvalue weighted by Crippen LogP contribution is -2.06. The third-order valence-corrected chi connectivity index (χ3v) is 3.01. The van der Waals surface area contributed by atoms with E-state index >= 15 is 0 Å². The van der Waals surface area contributed by atoms with Crippen LogP contribution in [0.3, 0.4) is 0 Å². The number of aromatic nitrogens is 1.